The molecule has 1 amide bonds. The van der Waals surface area contributed by atoms with Crippen LogP contribution in [0.3, 0.4) is 0 Å². The van der Waals surface area contributed by atoms with E-state index in [9.17, 15) is 28.0 Å². The summed E-state index contributed by atoms with van der Waals surface area (Å²) in [5.74, 6) is -2.13. The van der Waals surface area contributed by atoms with Gasteiger partial charge in [0.25, 0.3) is 0 Å². The first-order valence-electron chi connectivity index (χ1n) is 8.12. The third kappa shape index (κ3) is 5.80. The number of carbonyl (C=O) groups excluding carboxylic acids is 1. The maximum atomic E-state index is 13.6. The van der Waals surface area contributed by atoms with Crippen molar-refractivity contribution in [1.82, 2.24) is 5.32 Å². The van der Waals surface area contributed by atoms with E-state index in [1.54, 1.807) is 6.92 Å². The Labute approximate surface area is 154 Å². The van der Waals surface area contributed by atoms with Crippen molar-refractivity contribution in [2.45, 2.75) is 44.4 Å². The second-order valence-corrected chi connectivity index (χ2v) is 7.95. The van der Waals surface area contributed by atoms with Crippen LogP contribution in [0.15, 0.2) is 24.3 Å². The van der Waals surface area contributed by atoms with Crippen LogP contribution in [0.25, 0.3) is 0 Å². The Morgan fingerprint density at radius 3 is 2.19 bits per heavy atom. The highest BCUT2D eigenvalue weighted by atomic mass is 31.2. The van der Waals surface area contributed by atoms with E-state index < -0.39 is 42.8 Å². The van der Waals surface area contributed by atoms with E-state index >= 15 is 0 Å². The summed E-state index contributed by atoms with van der Waals surface area (Å²) >= 11 is 0. The molecule has 11 heteroatoms. The molecule has 3 atom stereocenters. The lowest BCUT2D eigenvalue weighted by atomic mass is 9.98. The predicted octanol–water partition coefficient (Wildman–Crippen LogP) is 1.40. The maximum Gasteiger partial charge on any atom is 0.399 e. The fraction of sp³-hybridized carbons (Fsp3) is 0.500. The van der Waals surface area contributed by atoms with Crippen LogP contribution >= 0.6 is 7.60 Å². The van der Waals surface area contributed by atoms with Crippen molar-refractivity contribution < 1.29 is 37.8 Å². The molecule has 0 saturated heterocycles. The molecule has 0 fully saturated rings. The number of benzene rings is 1. The van der Waals surface area contributed by atoms with Gasteiger partial charge in [-0.05, 0) is 11.5 Å². The average molecular weight is 408 g/mol. The number of nitrogens with two attached hydrogens (primary N) is 1. The molecule has 0 bridgehead atoms. The summed E-state index contributed by atoms with van der Waals surface area (Å²) in [7, 11) is -5.69. The molecule has 0 radical (unpaired) electrons. The Hall–Kier alpha value is -1.87. The molecule has 0 spiro atoms. The zero-order chi connectivity index (χ0) is 21.0. The zero-order valence-corrected chi connectivity index (χ0v) is 15.7. The minimum Gasteiger partial charge on any atom is -0.480 e. The van der Waals surface area contributed by atoms with Crippen LogP contribution in [0.5, 0.6) is 0 Å². The Morgan fingerprint density at radius 2 is 1.78 bits per heavy atom. The second kappa shape index (κ2) is 8.88. The smallest absolute Gasteiger partial charge is 0.399 e. The van der Waals surface area contributed by atoms with Gasteiger partial charge < -0.3 is 25.9 Å². The van der Waals surface area contributed by atoms with Gasteiger partial charge in [0.1, 0.15) is 6.04 Å². The van der Waals surface area contributed by atoms with Crippen molar-refractivity contribution in [2.75, 3.05) is 0 Å². The number of nitrogens with one attached hydrogen (secondary N) is 1. The van der Waals surface area contributed by atoms with Crippen molar-refractivity contribution in [1.29, 1.82) is 0 Å². The molecule has 0 aliphatic carbocycles. The standard InChI is InChI=1S/C16H23F2N2O6P/c1-3-9(2)13(19)14(21)20-12(15(22)23)8-10-4-6-11(7-5-10)16(17,18)27(24,25)26/h4-7,9,12-13H,3,8,19H2,1-2H3,(H,20,21)(H,22,23)(H2,24,25,26)/t9-,12-,13-/m0/s1. The molecule has 6 N–H and O–H groups in total. The third-order valence-electron chi connectivity index (χ3n) is 4.28. The predicted molar refractivity (Wildman–Crippen MR) is 93.1 cm³/mol. The van der Waals surface area contributed by atoms with Gasteiger partial charge in [0.2, 0.25) is 5.91 Å². The molecule has 0 aliphatic heterocycles. The number of carboxylic acids is 1. The highest BCUT2D eigenvalue weighted by Gasteiger charge is 2.50. The van der Waals surface area contributed by atoms with E-state index in [2.05, 4.69) is 5.32 Å². The van der Waals surface area contributed by atoms with Crippen LogP contribution in [0.1, 0.15) is 31.4 Å². The second-order valence-electron chi connectivity index (χ2n) is 6.30. The lowest BCUT2D eigenvalue weighted by Crippen LogP contribution is -2.51. The molecule has 1 aromatic rings. The van der Waals surface area contributed by atoms with Crippen molar-refractivity contribution >= 4 is 19.5 Å². The van der Waals surface area contributed by atoms with Crippen molar-refractivity contribution in [3.05, 3.63) is 35.4 Å². The normalized spacial score (nSPS) is 15.7. The molecule has 0 aromatic heterocycles. The van der Waals surface area contributed by atoms with Crippen LogP contribution in [0, 0.1) is 5.92 Å². The Bertz CT molecular complexity index is 722. The quantitative estimate of drug-likeness (QED) is 0.388. The van der Waals surface area contributed by atoms with Gasteiger partial charge in [0, 0.05) is 12.0 Å². The lowest BCUT2D eigenvalue weighted by Gasteiger charge is -2.21. The zero-order valence-electron chi connectivity index (χ0n) is 14.8. The van der Waals surface area contributed by atoms with Gasteiger partial charge in [0.05, 0.1) is 6.04 Å². The minimum absolute atomic E-state index is 0.159. The van der Waals surface area contributed by atoms with Gasteiger partial charge in [-0.3, -0.25) is 9.36 Å². The van der Waals surface area contributed by atoms with Crippen LogP contribution in [0.4, 0.5) is 8.78 Å². The maximum absolute atomic E-state index is 13.6. The number of hydrogen-bond donors (Lipinski definition) is 5. The molecule has 0 heterocycles. The summed E-state index contributed by atoms with van der Waals surface area (Å²) in [5.41, 5.74) is 0.795. The number of aliphatic carboxylic acids is 1. The topological polar surface area (TPSA) is 150 Å². The number of carbonyl (C=O) groups is 2. The number of amides is 1. The average Bonchev–Trinajstić information content (AvgIpc) is 2.59. The highest BCUT2D eigenvalue weighted by Crippen LogP contribution is 2.59. The molecular weight excluding hydrogens is 385 g/mol. The number of rotatable bonds is 9. The van der Waals surface area contributed by atoms with Crippen LogP contribution in [-0.4, -0.2) is 38.9 Å². The largest absolute Gasteiger partial charge is 0.480 e. The molecule has 0 unspecified atom stereocenters. The molecule has 0 saturated carbocycles. The Morgan fingerprint density at radius 1 is 1.26 bits per heavy atom. The summed E-state index contributed by atoms with van der Waals surface area (Å²) in [4.78, 5) is 40.9. The fourth-order valence-electron chi connectivity index (χ4n) is 2.23. The van der Waals surface area contributed by atoms with Crippen LogP contribution in [0.2, 0.25) is 0 Å². The molecule has 1 aromatic carbocycles. The Kier molecular flexibility index (Phi) is 7.62. The van der Waals surface area contributed by atoms with E-state index in [0.717, 1.165) is 24.3 Å². The number of carboxylic acid groups (broad SMARTS) is 1. The molecule has 8 nitrogen and oxygen atoms in total. The first-order chi connectivity index (χ1) is 12.3. The van der Waals surface area contributed by atoms with Crippen LogP contribution in [-0.2, 0) is 26.2 Å². The van der Waals surface area contributed by atoms with E-state index in [-0.39, 0.29) is 17.9 Å². The van der Waals surface area contributed by atoms with Crippen molar-refractivity contribution in [3.63, 3.8) is 0 Å². The monoisotopic (exact) mass is 408 g/mol. The van der Waals surface area contributed by atoms with Crippen molar-refractivity contribution in [3.8, 4) is 0 Å². The Balaban J connectivity index is 2.92. The summed E-state index contributed by atoms with van der Waals surface area (Å²) < 4.78 is 38.1. The van der Waals surface area contributed by atoms with Gasteiger partial charge in [-0.2, -0.15) is 8.78 Å². The SMILES string of the molecule is CC[C@H](C)[C@H](N)C(=O)N[C@@H](Cc1ccc(C(F)(F)P(=O)(O)O)cc1)C(=O)O. The summed E-state index contributed by atoms with van der Waals surface area (Å²) in [6, 6.07) is 1.63. The van der Waals surface area contributed by atoms with Gasteiger partial charge in [0.15, 0.2) is 0 Å². The molecule has 1 rings (SSSR count). The number of hydrogen-bond acceptors (Lipinski definition) is 4. The van der Waals surface area contributed by atoms with E-state index in [1.807, 2.05) is 6.92 Å². The van der Waals surface area contributed by atoms with Crippen LogP contribution < -0.4 is 11.1 Å². The van der Waals surface area contributed by atoms with Gasteiger partial charge >= 0.3 is 19.2 Å². The van der Waals surface area contributed by atoms with Gasteiger partial charge in [-0.15, -0.1) is 0 Å². The number of alkyl halides is 2. The summed E-state index contributed by atoms with van der Waals surface area (Å²) in [5, 5.41) is 11.6. The van der Waals surface area contributed by atoms with Gasteiger partial charge in [-0.25, -0.2) is 4.79 Å². The first kappa shape index (κ1) is 23.2. The molecular formula is C16H23F2N2O6P. The van der Waals surface area contributed by atoms with E-state index in [0.29, 0.717) is 6.42 Å². The number of halogens is 2. The lowest BCUT2D eigenvalue weighted by molar-refractivity contribution is -0.142. The van der Waals surface area contributed by atoms with E-state index in [1.165, 1.54) is 0 Å². The van der Waals surface area contributed by atoms with Gasteiger partial charge in [-0.1, -0.05) is 44.5 Å². The fourth-order valence-corrected chi connectivity index (χ4v) is 2.71. The summed E-state index contributed by atoms with van der Waals surface area (Å²) in [6.45, 7) is 3.58. The third-order valence-corrected chi connectivity index (χ3v) is 5.27. The summed E-state index contributed by atoms with van der Waals surface area (Å²) in [6.07, 6.45) is 0.414. The van der Waals surface area contributed by atoms with Crippen molar-refractivity contribution in [2.24, 2.45) is 11.7 Å². The molecule has 0 aliphatic rings. The minimum atomic E-state index is -5.69. The first-order valence-corrected chi connectivity index (χ1v) is 9.74. The molecule has 152 valence electrons. The molecule has 27 heavy (non-hydrogen) atoms. The van der Waals surface area contributed by atoms with E-state index in [4.69, 9.17) is 15.5 Å². The highest BCUT2D eigenvalue weighted by molar-refractivity contribution is 7.52.